The minimum absolute atomic E-state index is 0.0282. The summed E-state index contributed by atoms with van der Waals surface area (Å²) in [5.41, 5.74) is 4.63. The van der Waals surface area contributed by atoms with Crippen molar-refractivity contribution in [3.63, 3.8) is 0 Å². The third-order valence-electron chi connectivity index (χ3n) is 5.20. The Bertz CT molecular complexity index is 1200. The highest BCUT2D eigenvalue weighted by Crippen LogP contribution is 2.47. The Morgan fingerprint density at radius 1 is 0.963 bits per heavy atom. The van der Waals surface area contributed by atoms with Crippen molar-refractivity contribution in [3.8, 4) is 0 Å². The second-order valence-corrected chi connectivity index (χ2v) is 8.06. The minimum atomic E-state index is -0.0282. The molecule has 1 aliphatic heterocycles. The van der Waals surface area contributed by atoms with E-state index < -0.39 is 0 Å². The summed E-state index contributed by atoms with van der Waals surface area (Å²) in [5, 5.41) is 5.84. The van der Waals surface area contributed by atoms with Gasteiger partial charge in [-0.3, -0.25) is 9.78 Å². The number of anilines is 3. The van der Waals surface area contributed by atoms with Gasteiger partial charge in [0.1, 0.15) is 5.82 Å². The molecule has 27 heavy (non-hydrogen) atoms. The van der Waals surface area contributed by atoms with Crippen LogP contribution in [0.15, 0.2) is 65.5 Å². The topological polar surface area (TPSA) is 48.1 Å². The number of aromatic nitrogens is 1. The minimum Gasteiger partial charge on any atom is -0.378 e. The molecule has 5 rings (SSSR count). The van der Waals surface area contributed by atoms with Crippen LogP contribution in [0.2, 0.25) is 0 Å². The fraction of sp³-hybridized carbons (Fsp3) is 0.136. The molecule has 0 amide bonds. The molecule has 0 bridgehead atoms. The molecule has 0 saturated carbocycles. The quantitative estimate of drug-likeness (QED) is 0.463. The Labute approximate surface area is 161 Å². The maximum Gasteiger partial charge on any atom is 0.306 e. The van der Waals surface area contributed by atoms with Crippen LogP contribution in [0, 0.1) is 0 Å². The summed E-state index contributed by atoms with van der Waals surface area (Å²) >= 11 is 1.29. The number of aromatic amines is 1. The number of rotatable bonds is 2. The van der Waals surface area contributed by atoms with Crippen molar-refractivity contribution in [2.24, 2.45) is 0 Å². The van der Waals surface area contributed by atoms with Crippen molar-refractivity contribution < 1.29 is 0 Å². The van der Waals surface area contributed by atoms with Gasteiger partial charge >= 0.3 is 4.87 Å². The molecule has 0 fully saturated rings. The first-order valence-corrected chi connectivity index (χ1v) is 9.72. The second-order valence-electron chi connectivity index (χ2n) is 7.05. The molecular formula is C22H19N3OS. The van der Waals surface area contributed by atoms with Crippen LogP contribution < -0.4 is 15.1 Å². The van der Waals surface area contributed by atoms with E-state index in [-0.39, 0.29) is 10.8 Å². The highest BCUT2D eigenvalue weighted by atomic mass is 32.1. The van der Waals surface area contributed by atoms with E-state index in [2.05, 4.69) is 69.8 Å². The number of benzene rings is 3. The lowest BCUT2D eigenvalue weighted by atomic mass is 9.85. The second kappa shape index (κ2) is 5.99. The van der Waals surface area contributed by atoms with Crippen LogP contribution in [0.3, 0.4) is 0 Å². The first-order valence-electron chi connectivity index (χ1n) is 8.91. The van der Waals surface area contributed by atoms with Gasteiger partial charge in [-0.15, -0.1) is 0 Å². The fourth-order valence-corrected chi connectivity index (χ4v) is 4.80. The highest BCUT2D eigenvalue weighted by molar-refractivity contribution is 7.10. The monoisotopic (exact) mass is 373 g/mol. The van der Waals surface area contributed by atoms with Gasteiger partial charge in [0, 0.05) is 31.1 Å². The summed E-state index contributed by atoms with van der Waals surface area (Å²) in [4.78, 5) is 18.2. The molecule has 0 radical (unpaired) electrons. The van der Waals surface area contributed by atoms with Crippen molar-refractivity contribution in [3.05, 3.63) is 86.3 Å². The summed E-state index contributed by atoms with van der Waals surface area (Å²) < 4.78 is 0. The average Bonchev–Trinajstić information content (AvgIpc) is 3.05. The Hall–Kier alpha value is -3.05. The van der Waals surface area contributed by atoms with Gasteiger partial charge in [-0.05, 0) is 28.6 Å². The van der Waals surface area contributed by atoms with E-state index >= 15 is 0 Å². The van der Waals surface area contributed by atoms with Crippen molar-refractivity contribution in [1.29, 1.82) is 0 Å². The van der Waals surface area contributed by atoms with Crippen LogP contribution in [-0.4, -0.2) is 19.1 Å². The van der Waals surface area contributed by atoms with Gasteiger partial charge in [0.2, 0.25) is 0 Å². The predicted molar refractivity (Wildman–Crippen MR) is 114 cm³/mol. The maximum atomic E-state index is 12.1. The van der Waals surface area contributed by atoms with E-state index in [0.717, 1.165) is 22.1 Å². The van der Waals surface area contributed by atoms with Gasteiger partial charge < -0.3 is 10.2 Å². The molecule has 1 unspecified atom stereocenters. The van der Waals surface area contributed by atoms with E-state index in [4.69, 9.17) is 0 Å². The summed E-state index contributed by atoms with van der Waals surface area (Å²) in [6.45, 7) is 0. The molecule has 1 aromatic heterocycles. The summed E-state index contributed by atoms with van der Waals surface area (Å²) in [5.74, 6) is 0.858. The number of thiazole rings is 1. The normalized spacial score (nSPS) is 15.1. The van der Waals surface area contributed by atoms with Crippen LogP contribution in [0.1, 0.15) is 21.9 Å². The zero-order valence-corrected chi connectivity index (χ0v) is 15.9. The molecule has 1 aliphatic rings. The van der Waals surface area contributed by atoms with Gasteiger partial charge in [-0.2, -0.15) is 0 Å². The SMILES string of the molecule is CN(C)c1ccc(C2c3ccc4ccccc4c3Nc3[nH]c(=O)sc32)cc1. The molecule has 1 atom stereocenters. The molecule has 2 heterocycles. The lowest BCUT2D eigenvalue weighted by Crippen LogP contribution is -2.14. The Morgan fingerprint density at radius 2 is 1.74 bits per heavy atom. The van der Waals surface area contributed by atoms with E-state index in [1.807, 2.05) is 20.2 Å². The summed E-state index contributed by atoms with van der Waals surface area (Å²) in [6, 6.07) is 21.3. The highest BCUT2D eigenvalue weighted by Gasteiger charge is 2.30. The van der Waals surface area contributed by atoms with Gasteiger partial charge in [-0.1, -0.05) is 59.9 Å². The smallest absolute Gasteiger partial charge is 0.306 e. The van der Waals surface area contributed by atoms with Crippen LogP contribution >= 0.6 is 11.3 Å². The van der Waals surface area contributed by atoms with Crippen LogP contribution in [0.4, 0.5) is 17.2 Å². The zero-order chi connectivity index (χ0) is 18.5. The van der Waals surface area contributed by atoms with Gasteiger partial charge in [0.05, 0.1) is 10.6 Å². The molecule has 5 heteroatoms. The van der Waals surface area contributed by atoms with Crippen molar-refractivity contribution in [2.45, 2.75) is 5.92 Å². The first-order chi connectivity index (χ1) is 13.1. The molecule has 0 aliphatic carbocycles. The standard InChI is InChI=1S/C22H19N3OS/c1-25(2)15-10-7-14(8-11-15)18-17-12-9-13-5-3-4-6-16(13)19(17)23-21-20(18)27-22(26)24-21/h3-12,18,23H,1-2H3,(H,24,26). The average molecular weight is 373 g/mol. The maximum absolute atomic E-state index is 12.1. The van der Waals surface area contributed by atoms with Gasteiger partial charge in [0.15, 0.2) is 0 Å². The molecule has 0 saturated heterocycles. The summed E-state index contributed by atoms with van der Waals surface area (Å²) in [6.07, 6.45) is 0. The van der Waals surface area contributed by atoms with Crippen molar-refractivity contribution in [1.82, 2.24) is 4.98 Å². The molecular weight excluding hydrogens is 354 g/mol. The number of hydrogen-bond donors (Lipinski definition) is 2. The fourth-order valence-electron chi connectivity index (χ4n) is 3.87. The number of H-pyrrole nitrogens is 1. The largest absolute Gasteiger partial charge is 0.378 e. The van der Waals surface area contributed by atoms with Crippen LogP contribution in [0.5, 0.6) is 0 Å². The number of hydrogen-bond acceptors (Lipinski definition) is 4. The van der Waals surface area contributed by atoms with Gasteiger partial charge in [-0.25, -0.2) is 0 Å². The van der Waals surface area contributed by atoms with E-state index in [1.54, 1.807) is 0 Å². The first kappa shape index (κ1) is 16.1. The zero-order valence-electron chi connectivity index (χ0n) is 15.1. The molecule has 134 valence electrons. The lowest BCUT2D eigenvalue weighted by Gasteiger charge is -2.28. The predicted octanol–water partition coefficient (Wildman–Crippen LogP) is 4.89. The molecule has 4 nitrogen and oxygen atoms in total. The van der Waals surface area contributed by atoms with Crippen LogP contribution in [0.25, 0.3) is 10.8 Å². The Balaban J connectivity index is 1.75. The van der Waals surface area contributed by atoms with Crippen molar-refractivity contribution >= 4 is 39.3 Å². The van der Waals surface area contributed by atoms with Crippen molar-refractivity contribution in [2.75, 3.05) is 24.3 Å². The molecule has 3 aromatic carbocycles. The number of fused-ring (bicyclic) bond motifs is 4. The molecule has 0 spiro atoms. The van der Waals surface area contributed by atoms with Gasteiger partial charge in [0.25, 0.3) is 0 Å². The third-order valence-corrected chi connectivity index (χ3v) is 6.15. The van der Waals surface area contributed by atoms with E-state index in [9.17, 15) is 4.79 Å². The number of nitrogens with one attached hydrogen (secondary N) is 2. The van der Waals surface area contributed by atoms with E-state index in [0.29, 0.717) is 0 Å². The number of nitrogens with zero attached hydrogens (tertiary/aromatic N) is 1. The summed E-state index contributed by atoms with van der Waals surface area (Å²) in [7, 11) is 4.08. The van der Waals surface area contributed by atoms with Crippen LogP contribution in [-0.2, 0) is 0 Å². The molecule has 4 aromatic rings. The Morgan fingerprint density at radius 3 is 2.52 bits per heavy atom. The molecule has 2 N–H and O–H groups in total. The third kappa shape index (κ3) is 2.54. The Kier molecular flexibility index (Phi) is 3.58. The van der Waals surface area contributed by atoms with E-state index in [1.165, 1.54) is 33.2 Å². The lowest BCUT2D eigenvalue weighted by molar-refractivity contribution is 0.983.